The van der Waals surface area contributed by atoms with Gasteiger partial charge in [-0.1, -0.05) is 152 Å². The van der Waals surface area contributed by atoms with Crippen LogP contribution in [0.3, 0.4) is 0 Å². The van der Waals surface area contributed by atoms with Crippen molar-refractivity contribution in [3.8, 4) is 67.5 Å². The third-order valence-electron chi connectivity index (χ3n) is 8.94. The molecule has 0 aliphatic rings. The van der Waals surface area contributed by atoms with Gasteiger partial charge in [0.15, 0.2) is 17.5 Å². The van der Waals surface area contributed by atoms with Crippen LogP contribution in [-0.4, -0.2) is 15.0 Å². The minimum Gasteiger partial charge on any atom is -0.455 e. The first-order chi connectivity index (χ1) is 24.3. The second kappa shape index (κ2) is 12.2. The highest BCUT2D eigenvalue weighted by molar-refractivity contribution is 6.15. The van der Waals surface area contributed by atoms with Crippen molar-refractivity contribution in [3.05, 3.63) is 176 Å². The van der Waals surface area contributed by atoms with E-state index in [1.165, 1.54) is 11.1 Å². The fourth-order valence-corrected chi connectivity index (χ4v) is 6.57. The second-order valence-electron chi connectivity index (χ2n) is 12.0. The first-order valence-electron chi connectivity index (χ1n) is 16.4. The smallest absolute Gasteiger partial charge is 0.167 e. The molecule has 0 spiro atoms. The normalized spacial score (nSPS) is 11.3. The van der Waals surface area contributed by atoms with Crippen molar-refractivity contribution in [3.63, 3.8) is 0 Å². The third kappa shape index (κ3) is 5.35. The Balaban J connectivity index is 1.22. The van der Waals surface area contributed by atoms with Crippen LogP contribution in [0.25, 0.3) is 89.5 Å². The predicted molar refractivity (Wildman–Crippen MR) is 200 cm³/mol. The molecule has 4 heteroatoms. The molecule has 0 N–H and O–H groups in total. The summed E-state index contributed by atoms with van der Waals surface area (Å²) < 4.78 is 6.68. The average Bonchev–Trinajstić information content (AvgIpc) is 3.58. The van der Waals surface area contributed by atoms with Crippen molar-refractivity contribution in [2.75, 3.05) is 0 Å². The lowest BCUT2D eigenvalue weighted by Crippen LogP contribution is -2.00. The van der Waals surface area contributed by atoms with Crippen LogP contribution in [-0.2, 0) is 0 Å². The Labute approximate surface area is 284 Å². The number of furan rings is 1. The molecule has 4 nitrogen and oxygen atoms in total. The summed E-state index contributed by atoms with van der Waals surface area (Å²) in [7, 11) is 0. The van der Waals surface area contributed by atoms with Crippen molar-refractivity contribution in [1.29, 1.82) is 0 Å². The van der Waals surface area contributed by atoms with Gasteiger partial charge in [-0.2, -0.15) is 0 Å². The number of rotatable bonds is 6. The van der Waals surface area contributed by atoms with Gasteiger partial charge < -0.3 is 4.42 Å². The molecule has 0 unspecified atom stereocenters. The SMILES string of the molecule is c1ccc(-c2cccc(-c3nc(-c4ccccc4)nc(-c4cccc5c4oc4cccc(-c6cccc(-c7ccccc7)c6)c45)n3)c2)cc1. The van der Waals surface area contributed by atoms with Gasteiger partial charge in [0.1, 0.15) is 11.2 Å². The zero-order valence-electron chi connectivity index (χ0n) is 26.5. The molecule has 0 saturated heterocycles. The van der Waals surface area contributed by atoms with Crippen LogP contribution in [0, 0.1) is 0 Å². The monoisotopic (exact) mass is 627 g/mol. The lowest BCUT2D eigenvalue weighted by Gasteiger charge is -2.10. The zero-order valence-corrected chi connectivity index (χ0v) is 26.5. The molecule has 9 aromatic rings. The van der Waals surface area contributed by atoms with E-state index in [2.05, 4.69) is 121 Å². The Hall–Kier alpha value is -6.65. The van der Waals surface area contributed by atoms with Gasteiger partial charge in [-0.15, -0.1) is 0 Å². The minimum absolute atomic E-state index is 0.561. The number of nitrogens with zero attached hydrogens (tertiary/aromatic N) is 3. The molecular formula is C45H29N3O. The van der Waals surface area contributed by atoms with Crippen molar-refractivity contribution < 1.29 is 4.42 Å². The highest BCUT2D eigenvalue weighted by Gasteiger charge is 2.20. The number of benzene rings is 7. The number of hydrogen-bond acceptors (Lipinski definition) is 4. The van der Waals surface area contributed by atoms with E-state index in [1.807, 2.05) is 54.6 Å². The first kappa shape index (κ1) is 28.6. The van der Waals surface area contributed by atoms with E-state index in [0.29, 0.717) is 17.5 Å². The predicted octanol–water partition coefficient (Wildman–Crippen LogP) is 11.8. The maximum Gasteiger partial charge on any atom is 0.167 e. The summed E-state index contributed by atoms with van der Waals surface area (Å²) >= 11 is 0. The molecule has 0 bridgehead atoms. The molecule has 0 radical (unpaired) electrons. The van der Waals surface area contributed by atoms with Crippen LogP contribution in [0.2, 0.25) is 0 Å². The Morgan fingerprint density at radius 1 is 0.327 bits per heavy atom. The lowest BCUT2D eigenvalue weighted by atomic mass is 9.95. The van der Waals surface area contributed by atoms with Crippen LogP contribution in [0.15, 0.2) is 180 Å². The summed E-state index contributed by atoms with van der Waals surface area (Å²) in [6.07, 6.45) is 0. The Bertz CT molecular complexity index is 2590. The summed E-state index contributed by atoms with van der Waals surface area (Å²) in [4.78, 5) is 15.1. The first-order valence-corrected chi connectivity index (χ1v) is 16.4. The minimum atomic E-state index is 0.561. The van der Waals surface area contributed by atoms with Crippen LogP contribution < -0.4 is 0 Å². The number of fused-ring (bicyclic) bond motifs is 3. The Morgan fingerprint density at radius 3 is 1.47 bits per heavy atom. The van der Waals surface area contributed by atoms with E-state index >= 15 is 0 Å². The van der Waals surface area contributed by atoms with Gasteiger partial charge >= 0.3 is 0 Å². The van der Waals surface area contributed by atoms with Gasteiger partial charge in [-0.3, -0.25) is 0 Å². The molecule has 2 heterocycles. The van der Waals surface area contributed by atoms with Crippen LogP contribution in [0.1, 0.15) is 0 Å². The van der Waals surface area contributed by atoms with Crippen LogP contribution in [0.5, 0.6) is 0 Å². The van der Waals surface area contributed by atoms with E-state index < -0.39 is 0 Å². The highest BCUT2D eigenvalue weighted by atomic mass is 16.3. The molecule has 0 atom stereocenters. The molecule has 0 fully saturated rings. The topological polar surface area (TPSA) is 51.8 Å². The maximum absolute atomic E-state index is 6.68. The van der Waals surface area contributed by atoms with Crippen molar-refractivity contribution in [2.45, 2.75) is 0 Å². The van der Waals surface area contributed by atoms with Crippen molar-refractivity contribution in [1.82, 2.24) is 15.0 Å². The Kier molecular flexibility index (Phi) is 7.10. The standard InChI is InChI=1S/C45H29N3O/c1-4-14-30(15-5-1)33-20-10-22-35(28-33)37-24-13-27-40-41(37)38-25-12-26-39(42(38)49-40)45-47-43(32-18-8-3-9-19-32)46-44(48-45)36-23-11-21-34(29-36)31-16-6-2-7-17-31/h1-29H. The van der Waals surface area contributed by atoms with E-state index in [1.54, 1.807) is 0 Å². The maximum atomic E-state index is 6.68. The zero-order chi connectivity index (χ0) is 32.6. The second-order valence-corrected chi connectivity index (χ2v) is 12.0. The summed E-state index contributed by atoms with van der Waals surface area (Å²) in [5.41, 5.74) is 11.1. The van der Waals surface area contributed by atoms with Crippen molar-refractivity contribution in [2.24, 2.45) is 0 Å². The fourth-order valence-electron chi connectivity index (χ4n) is 6.57. The highest BCUT2D eigenvalue weighted by Crippen LogP contribution is 2.41. The molecule has 0 aliphatic carbocycles. The van der Waals surface area contributed by atoms with Crippen LogP contribution >= 0.6 is 0 Å². The van der Waals surface area contributed by atoms with Crippen LogP contribution in [0.4, 0.5) is 0 Å². The van der Waals surface area contributed by atoms with E-state index in [0.717, 1.165) is 60.9 Å². The van der Waals surface area contributed by atoms with E-state index in [4.69, 9.17) is 19.4 Å². The summed E-state index contributed by atoms with van der Waals surface area (Å²) in [5, 5.41) is 2.08. The van der Waals surface area contributed by atoms with E-state index in [9.17, 15) is 0 Å². The average molecular weight is 628 g/mol. The lowest BCUT2D eigenvalue weighted by molar-refractivity contribution is 0.669. The fraction of sp³-hybridized carbons (Fsp3) is 0. The largest absolute Gasteiger partial charge is 0.455 e. The molecule has 7 aromatic carbocycles. The molecule has 9 rings (SSSR count). The number of para-hydroxylation sites is 1. The molecule has 2 aromatic heterocycles. The van der Waals surface area contributed by atoms with Crippen molar-refractivity contribution >= 4 is 21.9 Å². The molecule has 230 valence electrons. The van der Waals surface area contributed by atoms with Gasteiger partial charge in [-0.25, -0.2) is 15.0 Å². The molecule has 0 aliphatic heterocycles. The Morgan fingerprint density at radius 2 is 0.796 bits per heavy atom. The van der Waals surface area contributed by atoms with Gasteiger partial charge in [0.05, 0.1) is 5.56 Å². The molecule has 0 saturated carbocycles. The van der Waals surface area contributed by atoms with E-state index in [-0.39, 0.29) is 0 Å². The van der Waals surface area contributed by atoms with Gasteiger partial charge in [0.2, 0.25) is 0 Å². The molecule has 49 heavy (non-hydrogen) atoms. The molecular weight excluding hydrogens is 599 g/mol. The summed E-state index contributed by atoms with van der Waals surface area (Å²) in [5.74, 6) is 1.77. The summed E-state index contributed by atoms with van der Waals surface area (Å²) in [6.45, 7) is 0. The quantitative estimate of drug-likeness (QED) is 0.184. The summed E-state index contributed by atoms with van der Waals surface area (Å²) in [6, 6.07) is 60.4. The van der Waals surface area contributed by atoms with Gasteiger partial charge in [0, 0.05) is 21.9 Å². The number of hydrogen-bond donors (Lipinski definition) is 0. The number of aromatic nitrogens is 3. The third-order valence-corrected chi connectivity index (χ3v) is 8.94. The van der Waals surface area contributed by atoms with Gasteiger partial charge in [0.25, 0.3) is 0 Å². The van der Waals surface area contributed by atoms with Gasteiger partial charge in [-0.05, 0) is 57.6 Å². The molecule has 0 amide bonds.